The molecule has 0 unspecified atom stereocenters. The van der Waals surface area contributed by atoms with Gasteiger partial charge < -0.3 is 9.84 Å². The fourth-order valence-corrected chi connectivity index (χ4v) is 3.05. The Morgan fingerprint density at radius 3 is 2.88 bits per heavy atom. The molecule has 3 nitrogen and oxygen atoms in total. The molecule has 2 fully saturated rings. The van der Waals surface area contributed by atoms with Crippen LogP contribution in [0.4, 0.5) is 0 Å². The second kappa shape index (κ2) is 5.99. The van der Waals surface area contributed by atoms with Crippen molar-refractivity contribution in [1.29, 1.82) is 0 Å². The minimum atomic E-state index is 0.0487. The van der Waals surface area contributed by atoms with Crippen molar-refractivity contribution in [2.45, 2.75) is 38.7 Å². The van der Waals surface area contributed by atoms with Crippen LogP contribution in [0.1, 0.15) is 32.6 Å². The van der Waals surface area contributed by atoms with Gasteiger partial charge in [-0.15, -0.1) is 0 Å². The Labute approximate surface area is 98.8 Å². The summed E-state index contributed by atoms with van der Waals surface area (Å²) in [6.07, 6.45) is 5.66. The SMILES string of the molecule is C[C@@H]1CCCC[C@@H]1CN1CCO[C@@H](CO)C1. The maximum atomic E-state index is 9.11. The first-order valence-electron chi connectivity index (χ1n) is 6.74. The van der Waals surface area contributed by atoms with Gasteiger partial charge in [-0.3, -0.25) is 4.90 Å². The van der Waals surface area contributed by atoms with E-state index in [2.05, 4.69) is 11.8 Å². The van der Waals surface area contributed by atoms with Crippen LogP contribution < -0.4 is 0 Å². The van der Waals surface area contributed by atoms with Crippen molar-refractivity contribution in [3.8, 4) is 0 Å². The van der Waals surface area contributed by atoms with Gasteiger partial charge in [0.1, 0.15) is 0 Å². The molecule has 1 saturated heterocycles. The third kappa shape index (κ3) is 3.19. The lowest BCUT2D eigenvalue weighted by molar-refractivity contribution is -0.0591. The van der Waals surface area contributed by atoms with E-state index in [0.717, 1.165) is 31.5 Å². The highest BCUT2D eigenvalue weighted by atomic mass is 16.5. The van der Waals surface area contributed by atoms with Crippen LogP contribution in [-0.2, 0) is 4.74 Å². The average Bonchev–Trinajstić information content (AvgIpc) is 2.32. The molecule has 0 amide bonds. The topological polar surface area (TPSA) is 32.7 Å². The van der Waals surface area contributed by atoms with Crippen molar-refractivity contribution in [3.63, 3.8) is 0 Å². The summed E-state index contributed by atoms with van der Waals surface area (Å²) in [4.78, 5) is 2.48. The van der Waals surface area contributed by atoms with Gasteiger partial charge in [0.25, 0.3) is 0 Å². The third-order valence-electron chi connectivity index (χ3n) is 4.21. The van der Waals surface area contributed by atoms with Crippen molar-refractivity contribution < 1.29 is 9.84 Å². The quantitative estimate of drug-likeness (QED) is 0.793. The standard InChI is InChI=1S/C13H25NO2/c1-11-4-2-3-5-12(11)8-14-6-7-16-13(9-14)10-15/h11-13,15H,2-10H2,1H3/t11-,12-,13-/m1/s1. The zero-order valence-corrected chi connectivity index (χ0v) is 10.4. The molecule has 0 aromatic rings. The average molecular weight is 227 g/mol. The van der Waals surface area contributed by atoms with E-state index in [1.54, 1.807) is 0 Å². The van der Waals surface area contributed by atoms with Gasteiger partial charge in [0.2, 0.25) is 0 Å². The number of ether oxygens (including phenoxy) is 1. The predicted molar refractivity (Wildman–Crippen MR) is 64.4 cm³/mol. The molecule has 1 saturated carbocycles. The fourth-order valence-electron chi connectivity index (χ4n) is 3.05. The normalized spacial score (nSPS) is 37.5. The van der Waals surface area contributed by atoms with E-state index in [0.29, 0.717) is 0 Å². The first kappa shape index (κ1) is 12.3. The molecule has 1 heterocycles. The lowest BCUT2D eigenvalue weighted by Crippen LogP contribution is -2.46. The predicted octanol–water partition coefficient (Wildman–Crippen LogP) is 1.51. The first-order valence-corrected chi connectivity index (χ1v) is 6.74. The highest BCUT2D eigenvalue weighted by Crippen LogP contribution is 2.30. The summed E-state index contributed by atoms with van der Waals surface area (Å²) in [5.41, 5.74) is 0. The van der Waals surface area contributed by atoms with Crippen molar-refractivity contribution in [1.82, 2.24) is 4.90 Å². The van der Waals surface area contributed by atoms with E-state index < -0.39 is 0 Å². The summed E-state index contributed by atoms with van der Waals surface area (Å²) in [6, 6.07) is 0. The lowest BCUT2D eigenvalue weighted by Gasteiger charge is -2.37. The number of hydrogen-bond donors (Lipinski definition) is 1. The lowest BCUT2D eigenvalue weighted by atomic mass is 9.80. The van der Waals surface area contributed by atoms with Crippen molar-refractivity contribution in [2.24, 2.45) is 11.8 Å². The minimum absolute atomic E-state index is 0.0487. The van der Waals surface area contributed by atoms with Gasteiger partial charge in [-0.05, 0) is 18.3 Å². The second-order valence-corrected chi connectivity index (χ2v) is 5.46. The number of nitrogens with zero attached hydrogens (tertiary/aromatic N) is 1. The summed E-state index contributed by atoms with van der Waals surface area (Å²) in [5.74, 6) is 1.75. The van der Waals surface area contributed by atoms with Gasteiger partial charge in [0.05, 0.1) is 19.3 Å². The zero-order chi connectivity index (χ0) is 11.4. The van der Waals surface area contributed by atoms with E-state index in [1.165, 1.54) is 32.2 Å². The Morgan fingerprint density at radius 1 is 1.31 bits per heavy atom. The molecule has 0 radical (unpaired) electrons. The van der Waals surface area contributed by atoms with E-state index in [-0.39, 0.29) is 12.7 Å². The van der Waals surface area contributed by atoms with Crippen molar-refractivity contribution in [2.75, 3.05) is 32.8 Å². The maximum Gasteiger partial charge on any atom is 0.0932 e. The summed E-state index contributed by atoms with van der Waals surface area (Å²) in [6.45, 7) is 6.51. The summed E-state index contributed by atoms with van der Waals surface area (Å²) in [5, 5.41) is 9.11. The van der Waals surface area contributed by atoms with Crippen molar-refractivity contribution in [3.05, 3.63) is 0 Å². The Hall–Kier alpha value is -0.120. The molecule has 1 N–H and O–H groups in total. The van der Waals surface area contributed by atoms with Gasteiger partial charge in [0.15, 0.2) is 0 Å². The molecule has 1 aliphatic carbocycles. The number of rotatable bonds is 3. The number of aliphatic hydroxyl groups excluding tert-OH is 1. The van der Waals surface area contributed by atoms with E-state index in [4.69, 9.17) is 9.84 Å². The van der Waals surface area contributed by atoms with E-state index in [9.17, 15) is 0 Å². The van der Waals surface area contributed by atoms with E-state index >= 15 is 0 Å². The Bertz CT molecular complexity index is 210. The molecule has 94 valence electrons. The molecule has 3 atom stereocenters. The van der Waals surface area contributed by atoms with Gasteiger partial charge in [0, 0.05) is 19.6 Å². The summed E-state index contributed by atoms with van der Waals surface area (Å²) < 4.78 is 5.48. The molecule has 0 aromatic carbocycles. The highest BCUT2D eigenvalue weighted by molar-refractivity contribution is 4.78. The van der Waals surface area contributed by atoms with Crippen LogP contribution in [0, 0.1) is 11.8 Å². The summed E-state index contributed by atoms with van der Waals surface area (Å²) in [7, 11) is 0. The zero-order valence-electron chi connectivity index (χ0n) is 10.4. The number of hydrogen-bond acceptors (Lipinski definition) is 3. The van der Waals surface area contributed by atoms with Gasteiger partial charge >= 0.3 is 0 Å². The first-order chi connectivity index (χ1) is 7.79. The molecule has 0 spiro atoms. The second-order valence-electron chi connectivity index (χ2n) is 5.46. The molecule has 0 aromatic heterocycles. The monoisotopic (exact) mass is 227 g/mol. The largest absolute Gasteiger partial charge is 0.394 e. The minimum Gasteiger partial charge on any atom is -0.394 e. The molecule has 0 bridgehead atoms. The van der Waals surface area contributed by atoms with Gasteiger partial charge in [-0.1, -0.05) is 26.2 Å². The van der Waals surface area contributed by atoms with Crippen LogP contribution in [-0.4, -0.2) is 49.0 Å². The number of aliphatic hydroxyl groups is 1. The third-order valence-corrected chi connectivity index (χ3v) is 4.21. The molecular formula is C13H25NO2. The Balaban J connectivity index is 1.79. The van der Waals surface area contributed by atoms with Gasteiger partial charge in [-0.25, -0.2) is 0 Å². The molecule has 2 aliphatic rings. The molecule has 16 heavy (non-hydrogen) atoms. The summed E-state index contributed by atoms with van der Waals surface area (Å²) >= 11 is 0. The van der Waals surface area contributed by atoms with Crippen LogP contribution in [0.2, 0.25) is 0 Å². The van der Waals surface area contributed by atoms with Crippen molar-refractivity contribution >= 4 is 0 Å². The Kier molecular flexibility index (Phi) is 4.62. The molecular weight excluding hydrogens is 202 g/mol. The Morgan fingerprint density at radius 2 is 2.12 bits per heavy atom. The maximum absolute atomic E-state index is 9.11. The van der Waals surface area contributed by atoms with Gasteiger partial charge in [-0.2, -0.15) is 0 Å². The fraction of sp³-hybridized carbons (Fsp3) is 1.00. The highest BCUT2D eigenvalue weighted by Gasteiger charge is 2.26. The van der Waals surface area contributed by atoms with Crippen LogP contribution in [0.25, 0.3) is 0 Å². The molecule has 1 aliphatic heterocycles. The van der Waals surface area contributed by atoms with Crippen LogP contribution >= 0.6 is 0 Å². The van der Waals surface area contributed by atoms with Crippen LogP contribution in [0.15, 0.2) is 0 Å². The van der Waals surface area contributed by atoms with Crippen LogP contribution in [0.5, 0.6) is 0 Å². The smallest absolute Gasteiger partial charge is 0.0932 e. The van der Waals surface area contributed by atoms with Crippen LogP contribution in [0.3, 0.4) is 0 Å². The number of morpholine rings is 1. The molecule has 3 heteroatoms. The molecule has 2 rings (SSSR count). The van der Waals surface area contributed by atoms with E-state index in [1.807, 2.05) is 0 Å².